The smallest absolute Gasteiger partial charge is 0.380 e. The van der Waals surface area contributed by atoms with Crippen molar-refractivity contribution >= 4 is 33.0 Å². The number of fused-ring (bicyclic) bond motifs is 1. The molecule has 1 N–H and O–H groups in total. The first-order valence-electron chi connectivity index (χ1n) is 11.4. The molecule has 6 nitrogen and oxygen atoms in total. The number of hydrogen-bond donors (Lipinski definition) is 1. The maximum absolute atomic E-state index is 14.0. The molecule has 0 bridgehead atoms. The highest BCUT2D eigenvalue weighted by Crippen LogP contribution is 2.38. The van der Waals surface area contributed by atoms with Crippen molar-refractivity contribution < 1.29 is 26.4 Å². The number of aromatic nitrogens is 1. The maximum atomic E-state index is 14.0. The van der Waals surface area contributed by atoms with Crippen LogP contribution in [0.3, 0.4) is 0 Å². The van der Waals surface area contributed by atoms with Crippen molar-refractivity contribution in [3.63, 3.8) is 0 Å². The average molecular weight is 530 g/mol. The zero-order valence-electron chi connectivity index (χ0n) is 19.4. The summed E-state index contributed by atoms with van der Waals surface area (Å²) in [5, 5.41) is 4.04. The van der Waals surface area contributed by atoms with E-state index < -0.39 is 33.9 Å². The number of pyridine rings is 1. The van der Waals surface area contributed by atoms with Crippen molar-refractivity contribution in [2.45, 2.75) is 50.9 Å². The first kappa shape index (κ1) is 25.8. The molecule has 0 saturated carbocycles. The summed E-state index contributed by atoms with van der Waals surface area (Å²) < 4.78 is 65.3. The number of amides is 1. The van der Waals surface area contributed by atoms with Crippen LogP contribution in [0.15, 0.2) is 30.5 Å². The molecule has 1 aromatic heterocycles. The van der Waals surface area contributed by atoms with Gasteiger partial charge in [0.05, 0.1) is 29.1 Å². The minimum Gasteiger partial charge on any atom is -0.380 e. The average Bonchev–Trinajstić information content (AvgIpc) is 3.19. The van der Waals surface area contributed by atoms with E-state index in [0.29, 0.717) is 15.6 Å². The number of hydrogen-bond acceptors (Lipinski definition) is 5. The molecule has 2 atom stereocenters. The second-order valence-electron chi connectivity index (χ2n) is 9.35. The van der Waals surface area contributed by atoms with Crippen LogP contribution in [0.4, 0.5) is 18.9 Å². The van der Waals surface area contributed by atoms with Crippen LogP contribution in [0.25, 0.3) is 0 Å². The van der Waals surface area contributed by atoms with Crippen LogP contribution in [0, 0.1) is 12.8 Å². The molecule has 2 aliphatic rings. The summed E-state index contributed by atoms with van der Waals surface area (Å²) in [6.07, 6.45) is -1.81. The van der Waals surface area contributed by atoms with Crippen molar-refractivity contribution in [2.75, 3.05) is 23.9 Å². The van der Waals surface area contributed by atoms with E-state index >= 15 is 0 Å². The Morgan fingerprint density at radius 3 is 2.46 bits per heavy atom. The lowest BCUT2D eigenvalue weighted by Crippen LogP contribution is -2.44. The number of nitrogens with zero attached hydrogens (tertiary/aromatic N) is 2. The third-order valence-electron chi connectivity index (χ3n) is 6.93. The summed E-state index contributed by atoms with van der Waals surface area (Å²) in [6.45, 7) is 1.97. The largest absolute Gasteiger partial charge is 0.414 e. The van der Waals surface area contributed by atoms with Crippen LogP contribution in [0.5, 0.6) is 0 Å². The Balaban J connectivity index is 1.46. The number of benzene rings is 1. The summed E-state index contributed by atoms with van der Waals surface area (Å²) in [4.78, 5) is 17.5. The Labute approximate surface area is 207 Å². The predicted octanol–water partition coefficient (Wildman–Crippen LogP) is 4.51. The van der Waals surface area contributed by atoms with Gasteiger partial charge in [-0.1, -0.05) is 17.7 Å². The van der Waals surface area contributed by atoms with Crippen molar-refractivity contribution in [2.24, 2.45) is 5.92 Å². The van der Waals surface area contributed by atoms with E-state index in [1.165, 1.54) is 29.5 Å². The minimum absolute atomic E-state index is 0.0286. The Morgan fingerprint density at radius 1 is 1.17 bits per heavy atom. The van der Waals surface area contributed by atoms with E-state index in [9.17, 15) is 26.4 Å². The van der Waals surface area contributed by atoms with Crippen molar-refractivity contribution in [1.82, 2.24) is 9.88 Å². The molecule has 11 heteroatoms. The lowest BCUT2D eigenvalue weighted by Gasteiger charge is -2.33. The Bertz CT molecular complexity index is 1210. The zero-order chi connectivity index (χ0) is 25.5. The summed E-state index contributed by atoms with van der Waals surface area (Å²) in [5.74, 6) is -1.86. The molecule has 0 spiro atoms. The van der Waals surface area contributed by atoms with Crippen molar-refractivity contribution in [3.05, 3.63) is 57.9 Å². The van der Waals surface area contributed by atoms with Gasteiger partial charge in [0.25, 0.3) is 0 Å². The SMILES string of the molecule is Cc1c(Cl)ccc2c1CC(Nc1ccc(C(N(C)C(=O)C3CCS(=O)(=O)CC3)C(F)(F)F)nc1)C2. The fraction of sp³-hybridized carbons (Fsp3) is 0.500. The van der Waals surface area contributed by atoms with Gasteiger partial charge in [0.15, 0.2) is 6.04 Å². The van der Waals surface area contributed by atoms with Gasteiger partial charge in [-0.2, -0.15) is 13.2 Å². The quantitative estimate of drug-likeness (QED) is 0.616. The Hall–Kier alpha value is -2.33. The molecule has 0 radical (unpaired) electrons. The van der Waals surface area contributed by atoms with Gasteiger partial charge in [-0.3, -0.25) is 9.78 Å². The predicted molar refractivity (Wildman–Crippen MR) is 128 cm³/mol. The van der Waals surface area contributed by atoms with Crippen LogP contribution in [-0.2, 0) is 27.5 Å². The Morgan fingerprint density at radius 2 is 1.86 bits per heavy atom. The van der Waals surface area contributed by atoms with Gasteiger partial charge in [0.2, 0.25) is 5.91 Å². The summed E-state index contributed by atoms with van der Waals surface area (Å²) in [7, 11) is -2.13. The molecule has 1 aromatic carbocycles. The van der Waals surface area contributed by atoms with Crippen LogP contribution in [0.2, 0.25) is 5.02 Å². The zero-order valence-corrected chi connectivity index (χ0v) is 21.0. The molecule has 1 aliphatic heterocycles. The molecule has 2 unspecified atom stereocenters. The molecule has 2 heterocycles. The molecule has 1 fully saturated rings. The molecule has 2 aromatic rings. The first-order valence-corrected chi connectivity index (χ1v) is 13.6. The van der Waals surface area contributed by atoms with E-state index in [1.807, 2.05) is 19.1 Å². The summed E-state index contributed by atoms with van der Waals surface area (Å²) in [6, 6.07) is 4.53. The van der Waals surface area contributed by atoms with Crippen LogP contribution < -0.4 is 5.32 Å². The van der Waals surface area contributed by atoms with Crippen molar-refractivity contribution in [3.8, 4) is 0 Å². The first-order chi connectivity index (χ1) is 16.4. The summed E-state index contributed by atoms with van der Waals surface area (Å²) >= 11 is 6.22. The fourth-order valence-corrected chi connectivity index (χ4v) is 6.64. The van der Waals surface area contributed by atoms with Gasteiger partial charge in [-0.15, -0.1) is 0 Å². The number of anilines is 1. The van der Waals surface area contributed by atoms with Crippen LogP contribution in [-0.4, -0.2) is 55.0 Å². The highest BCUT2D eigenvalue weighted by atomic mass is 35.5. The van der Waals surface area contributed by atoms with E-state index in [4.69, 9.17) is 11.6 Å². The standard InChI is InChI=1S/C24H27ClF3N3O3S/c1-14-19-12-18(11-16(19)3-5-20(14)25)30-17-4-6-21(29-13-17)22(24(26,27)28)31(2)23(32)15-7-9-35(33,34)10-8-15/h3-6,13,15,18,22,30H,7-12H2,1-2H3. The van der Waals surface area contributed by atoms with Crippen LogP contribution in [0.1, 0.15) is 41.3 Å². The number of carbonyl (C=O) groups is 1. The van der Waals surface area contributed by atoms with Gasteiger partial charge >= 0.3 is 6.18 Å². The molecular formula is C24H27ClF3N3O3S. The topological polar surface area (TPSA) is 79.4 Å². The van der Waals surface area contributed by atoms with Gasteiger partial charge in [-0.25, -0.2) is 8.42 Å². The third kappa shape index (κ3) is 5.58. The molecule has 4 rings (SSSR count). The highest BCUT2D eigenvalue weighted by Gasteiger charge is 2.47. The minimum atomic E-state index is -4.74. The highest BCUT2D eigenvalue weighted by molar-refractivity contribution is 7.91. The summed E-state index contributed by atoms with van der Waals surface area (Å²) in [5.41, 5.74) is 3.72. The lowest BCUT2D eigenvalue weighted by atomic mass is 9.99. The van der Waals surface area contributed by atoms with E-state index in [-0.39, 0.29) is 36.1 Å². The Kier molecular flexibility index (Phi) is 7.07. The number of nitrogens with one attached hydrogen (secondary N) is 1. The molecular weight excluding hydrogens is 503 g/mol. The molecule has 1 saturated heterocycles. The number of alkyl halides is 3. The van der Waals surface area contributed by atoms with E-state index in [1.54, 1.807) is 0 Å². The lowest BCUT2D eigenvalue weighted by molar-refractivity contribution is -0.191. The molecule has 35 heavy (non-hydrogen) atoms. The number of carbonyl (C=O) groups excluding carboxylic acids is 1. The van der Waals surface area contributed by atoms with Crippen LogP contribution >= 0.6 is 11.6 Å². The monoisotopic (exact) mass is 529 g/mol. The van der Waals surface area contributed by atoms with E-state index in [2.05, 4.69) is 10.3 Å². The fourth-order valence-electron chi connectivity index (χ4n) is 4.97. The second kappa shape index (κ2) is 9.61. The molecule has 190 valence electrons. The third-order valence-corrected chi connectivity index (χ3v) is 9.06. The normalized spacial score (nSPS) is 20.8. The van der Waals surface area contributed by atoms with Crippen molar-refractivity contribution in [1.29, 1.82) is 0 Å². The van der Waals surface area contributed by atoms with Gasteiger partial charge < -0.3 is 10.2 Å². The van der Waals surface area contributed by atoms with Gasteiger partial charge in [-0.05, 0) is 67.5 Å². The second-order valence-corrected chi connectivity index (χ2v) is 12.1. The number of rotatable bonds is 5. The van der Waals surface area contributed by atoms with Gasteiger partial charge in [0.1, 0.15) is 9.84 Å². The molecule has 1 amide bonds. The maximum Gasteiger partial charge on any atom is 0.414 e. The van der Waals surface area contributed by atoms with Gasteiger partial charge in [0, 0.05) is 24.0 Å². The number of sulfone groups is 1. The number of halogens is 4. The van der Waals surface area contributed by atoms with E-state index in [0.717, 1.165) is 25.5 Å². The molecule has 1 aliphatic carbocycles.